The number of carbonyl (C=O) groups is 1. The topological polar surface area (TPSA) is 146 Å². The number of nitrogens with one attached hydrogen (secondary N) is 1. The van der Waals surface area contributed by atoms with Crippen molar-refractivity contribution in [3.63, 3.8) is 0 Å². The number of aromatic nitrogens is 5. The third-order valence-corrected chi connectivity index (χ3v) is 6.95. The number of fused-ring (bicyclic) bond motifs is 1. The molecule has 4 atom stereocenters. The summed E-state index contributed by atoms with van der Waals surface area (Å²) in [7, 11) is 0. The Kier molecular flexibility index (Phi) is 7.32. The molecule has 0 aliphatic heterocycles. The average molecular weight is 493 g/mol. The number of nitrogens with zero attached hydrogens (tertiary/aromatic N) is 5. The van der Waals surface area contributed by atoms with Gasteiger partial charge in [0.2, 0.25) is 0 Å². The van der Waals surface area contributed by atoms with Crippen molar-refractivity contribution in [1.29, 1.82) is 0 Å². The molecule has 0 unspecified atom stereocenters. The van der Waals surface area contributed by atoms with Crippen LogP contribution in [0.5, 0.6) is 0 Å². The van der Waals surface area contributed by atoms with E-state index in [4.69, 9.17) is 11.6 Å². The Balaban J connectivity index is 1.62. The van der Waals surface area contributed by atoms with Gasteiger partial charge in [0.15, 0.2) is 22.1 Å². The van der Waals surface area contributed by atoms with Gasteiger partial charge in [-0.25, -0.2) is 14.6 Å². The van der Waals surface area contributed by atoms with Crippen LogP contribution in [-0.2, 0) is 11.2 Å². The summed E-state index contributed by atoms with van der Waals surface area (Å²) in [5, 5.41) is 42.9. The molecule has 1 aliphatic carbocycles. The molecule has 4 N–H and O–H groups in total. The van der Waals surface area contributed by atoms with E-state index in [1.807, 2.05) is 24.3 Å². The van der Waals surface area contributed by atoms with Crippen LogP contribution < -0.4 is 5.32 Å². The number of aliphatic carboxylic acids is 1. The first-order chi connectivity index (χ1) is 15.9. The molecule has 12 heteroatoms. The maximum atomic E-state index is 11.5. The Hall–Kier alpha value is -2.47. The molecule has 0 amide bonds. The minimum Gasteiger partial charge on any atom is -0.481 e. The molecule has 3 aromatic rings. The van der Waals surface area contributed by atoms with Crippen LogP contribution >= 0.6 is 23.4 Å². The minimum atomic E-state index is -1.39. The van der Waals surface area contributed by atoms with Crippen molar-refractivity contribution in [2.24, 2.45) is 5.92 Å². The summed E-state index contributed by atoms with van der Waals surface area (Å²) in [5.74, 6) is -0.908. The van der Waals surface area contributed by atoms with Gasteiger partial charge in [-0.15, -0.1) is 5.10 Å². The lowest BCUT2D eigenvalue weighted by molar-refractivity contribution is -0.145. The Morgan fingerprint density at radius 3 is 2.67 bits per heavy atom. The maximum absolute atomic E-state index is 11.5. The molecule has 1 fully saturated rings. The summed E-state index contributed by atoms with van der Waals surface area (Å²) >= 11 is 7.44. The molecular weight excluding hydrogens is 468 g/mol. The second-order valence-corrected chi connectivity index (χ2v) is 9.44. The molecule has 4 rings (SSSR count). The fourth-order valence-corrected chi connectivity index (χ4v) is 4.71. The summed E-state index contributed by atoms with van der Waals surface area (Å²) in [6.07, 6.45) is -0.978. The summed E-state index contributed by atoms with van der Waals surface area (Å²) in [6.45, 7) is 2.65. The fourth-order valence-electron chi connectivity index (χ4n) is 3.89. The minimum absolute atomic E-state index is 0.0247. The number of halogens is 1. The van der Waals surface area contributed by atoms with E-state index in [2.05, 4.69) is 32.5 Å². The number of hydrogen-bond donors (Lipinski definition) is 4. The molecule has 1 aliphatic rings. The van der Waals surface area contributed by atoms with E-state index in [1.165, 1.54) is 16.4 Å². The van der Waals surface area contributed by atoms with E-state index in [1.54, 1.807) is 0 Å². The van der Waals surface area contributed by atoms with Crippen molar-refractivity contribution >= 4 is 46.3 Å². The molecule has 0 radical (unpaired) electrons. The van der Waals surface area contributed by atoms with Crippen molar-refractivity contribution in [2.45, 2.75) is 49.6 Å². The largest absolute Gasteiger partial charge is 0.481 e. The van der Waals surface area contributed by atoms with Crippen molar-refractivity contribution in [3.05, 3.63) is 34.9 Å². The van der Waals surface area contributed by atoms with Gasteiger partial charge < -0.3 is 20.6 Å². The van der Waals surface area contributed by atoms with Gasteiger partial charge in [-0.3, -0.25) is 4.79 Å². The van der Waals surface area contributed by atoms with Crippen LogP contribution in [0.15, 0.2) is 29.4 Å². The Bertz CT molecular complexity index is 1130. The first-order valence-electron chi connectivity index (χ1n) is 10.7. The fraction of sp³-hybridized carbons (Fsp3) is 0.476. The molecule has 1 aromatic carbocycles. The number of carboxylic acid groups (broad SMARTS) is 1. The summed E-state index contributed by atoms with van der Waals surface area (Å²) in [5.41, 5.74) is 1.93. The zero-order valence-corrected chi connectivity index (χ0v) is 19.5. The third-order valence-electron chi connectivity index (χ3n) is 5.64. The maximum Gasteiger partial charge on any atom is 0.309 e. The van der Waals surface area contributed by atoms with Crippen LogP contribution in [0.25, 0.3) is 11.2 Å². The average Bonchev–Trinajstić information content (AvgIpc) is 3.34. The second-order valence-electron chi connectivity index (χ2n) is 7.94. The normalized spacial score (nSPS) is 22.7. The van der Waals surface area contributed by atoms with Crippen LogP contribution in [0, 0.1) is 5.92 Å². The molecule has 0 saturated heterocycles. The second kappa shape index (κ2) is 10.2. The predicted octanol–water partition coefficient (Wildman–Crippen LogP) is 2.40. The van der Waals surface area contributed by atoms with Crippen LogP contribution in [0.2, 0.25) is 5.02 Å². The number of anilines is 1. The molecule has 0 bridgehead atoms. The third kappa shape index (κ3) is 5.06. The Labute approximate surface area is 199 Å². The highest BCUT2D eigenvalue weighted by Crippen LogP contribution is 2.37. The van der Waals surface area contributed by atoms with E-state index in [0.717, 1.165) is 24.2 Å². The molecule has 2 heterocycles. The SMILES string of the molecule is CCCSc1nc(NCCc2ccc(Cl)cc2)c2nnn([C@@H]3C[C@H](C(=O)O)[C@@H](O)[C@H]3O)c2n1. The van der Waals surface area contributed by atoms with Gasteiger partial charge in [-0.05, 0) is 37.0 Å². The van der Waals surface area contributed by atoms with E-state index < -0.39 is 30.1 Å². The van der Waals surface area contributed by atoms with E-state index in [0.29, 0.717) is 33.7 Å². The number of carboxylic acids is 1. The molecule has 0 spiro atoms. The molecule has 1 saturated carbocycles. The molecular formula is C21H25ClN6O4S. The first kappa shape index (κ1) is 23.7. The number of aliphatic hydroxyl groups excluding tert-OH is 2. The summed E-state index contributed by atoms with van der Waals surface area (Å²) < 4.78 is 1.41. The van der Waals surface area contributed by atoms with Crippen LogP contribution in [0.3, 0.4) is 0 Å². The van der Waals surface area contributed by atoms with Gasteiger partial charge in [-0.1, -0.05) is 47.6 Å². The highest BCUT2D eigenvalue weighted by molar-refractivity contribution is 7.99. The quantitative estimate of drug-likeness (QED) is 0.259. The van der Waals surface area contributed by atoms with Crippen molar-refractivity contribution in [1.82, 2.24) is 25.0 Å². The van der Waals surface area contributed by atoms with Gasteiger partial charge in [0.25, 0.3) is 0 Å². The van der Waals surface area contributed by atoms with Crippen LogP contribution in [-0.4, -0.2) is 70.8 Å². The van der Waals surface area contributed by atoms with Gasteiger partial charge in [-0.2, -0.15) is 0 Å². The highest BCUT2D eigenvalue weighted by Gasteiger charge is 2.47. The van der Waals surface area contributed by atoms with Gasteiger partial charge in [0, 0.05) is 17.3 Å². The molecule has 10 nitrogen and oxygen atoms in total. The zero-order valence-electron chi connectivity index (χ0n) is 17.9. The molecule has 33 heavy (non-hydrogen) atoms. The van der Waals surface area contributed by atoms with E-state index >= 15 is 0 Å². The van der Waals surface area contributed by atoms with Crippen molar-refractivity contribution in [3.8, 4) is 0 Å². The lowest BCUT2D eigenvalue weighted by Crippen LogP contribution is -2.32. The van der Waals surface area contributed by atoms with Crippen molar-refractivity contribution in [2.75, 3.05) is 17.6 Å². The number of benzene rings is 1. The predicted molar refractivity (Wildman–Crippen MR) is 125 cm³/mol. The van der Waals surface area contributed by atoms with Gasteiger partial charge in [0.05, 0.1) is 18.1 Å². The highest BCUT2D eigenvalue weighted by atomic mass is 35.5. The van der Waals surface area contributed by atoms with E-state index in [9.17, 15) is 20.1 Å². The summed E-state index contributed by atoms with van der Waals surface area (Å²) in [4.78, 5) is 20.6. The monoisotopic (exact) mass is 492 g/mol. The van der Waals surface area contributed by atoms with Gasteiger partial charge in [0.1, 0.15) is 6.10 Å². The van der Waals surface area contributed by atoms with E-state index in [-0.39, 0.29) is 6.42 Å². The number of rotatable bonds is 9. The van der Waals surface area contributed by atoms with Crippen molar-refractivity contribution < 1.29 is 20.1 Å². The Morgan fingerprint density at radius 2 is 2.00 bits per heavy atom. The standard InChI is InChI=1S/C21H25ClN6O4S/c1-2-9-33-21-24-18(23-8-7-11-3-5-12(22)6-4-11)15-19(25-21)28(27-26-15)14-10-13(20(31)32)16(29)17(14)30/h3-6,13-14,16-17,29-30H,2,7-10H2,1H3,(H,31,32)(H,23,24,25)/t13-,14+,16+,17-/m0/s1. The number of aliphatic hydroxyl groups is 2. The Morgan fingerprint density at radius 1 is 1.24 bits per heavy atom. The first-order valence-corrected chi connectivity index (χ1v) is 12.1. The number of hydrogen-bond acceptors (Lipinski definition) is 9. The summed E-state index contributed by atoms with van der Waals surface area (Å²) in [6, 6.07) is 6.85. The van der Waals surface area contributed by atoms with Crippen LogP contribution in [0.1, 0.15) is 31.4 Å². The molecule has 176 valence electrons. The lowest BCUT2D eigenvalue weighted by atomic mass is 10.1. The van der Waals surface area contributed by atoms with Gasteiger partial charge >= 0.3 is 5.97 Å². The van der Waals surface area contributed by atoms with Crippen LogP contribution in [0.4, 0.5) is 5.82 Å². The zero-order chi connectivity index (χ0) is 23.5. The smallest absolute Gasteiger partial charge is 0.309 e. The number of thioether (sulfide) groups is 1. The molecule has 2 aromatic heterocycles. The lowest BCUT2D eigenvalue weighted by Gasteiger charge is -2.16.